The van der Waals surface area contributed by atoms with Crippen LogP contribution < -0.4 is 5.73 Å². The summed E-state index contributed by atoms with van der Waals surface area (Å²) < 4.78 is 0. The van der Waals surface area contributed by atoms with E-state index >= 15 is 0 Å². The summed E-state index contributed by atoms with van der Waals surface area (Å²) in [6, 6.07) is 1.18. The third kappa shape index (κ3) is 2.23. The molecule has 1 saturated carbocycles. The van der Waals surface area contributed by atoms with E-state index in [2.05, 4.69) is 18.7 Å². The highest BCUT2D eigenvalue weighted by Gasteiger charge is 2.35. The molecule has 0 aromatic heterocycles. The zero-order valence-corrected chi connectivity index (χ0v) is 8.87. The lowest BCUT2D eigenvalue weighted by atomic mass is 9.99. The summed E-state index contributed by atoms with van der Waals surface area (Å²) in [7, 11) is 0. The number of nitrogens with two attached hydrogens (primary N) is 1. The van der Waals surface area contributed by atoms with Gasteiger partial charge >= 0.3 is 0 Å². The average Bonchev–Trinajstić information content (AvgIpc) is 2.73. The first-order valence-electron chi connectivity index (χ1n) is 5.66. The van der Waals surface area contributed by atoms with Crippen molar-refractivity contribution in [3.05, 3.63) is 0 Å². The average molecular weight is 182 g/mol. The zero-order chi connectivity index (χ0) is 9.42. The van der Waals surface area contributed by atoms with Gasteiger partial charge in [0.15, 0.2) is 0 Å². The molecule has 4 unspecified atom stereocenters. The fourth-order valence-electron chi connectivity index (χ4n) is 2.48. The summed E-state index contributed by atoms with van der Waals surface area (Å²) in [5, 5.41) is 0. The van der Waals surface area contributed by atoms with E-state index in [1.807, 2.05) is 0 Å². The summed E-state index contributed by atoms with van der Waals surface area (Å²) in [4.78, 5) is 2.64. The van der Waals surface area contributed by atoms with Crippen LogP contribution in [-0.4, -0.2) is 30.1 Å². The molecule has 2 heteroatoms. The molecule has 1 aliphatic carbocycles. The summed E-state index contributed by atoms with van der Waals surface area (Å²) in [5.41, 5.74) is 5.93. The Labute approximate surface area is 81.5 Å². The molecular formula is C11H22N2. The molecule has 2 fully saturated rings. The first kappa shape index (κ1) is 9.47. The molecule has 1 heterocycles. The van der Waals surface area contributed by atoms with Crippen LogP contribution >= 0.6 is 0 Å². The van der Waals surface area contributed by atoms with Crippen LogP contribution in [0.4, 0.5) is 0 Å². The Balaban J connectivity index is 1.78. The predicted octanol–water partition coefficient (Wildman–Crippen LogP) is 1.45. The van der Waals surface area contributed by atoms with E-state index in [0.29, 0.717) is 6.04 Å². The third-order valence-electron chi connectivity index (χ3n) is 3.80. The fourth-order valence-corrected chi connectivity index (χ4v) is 2.48. The molecule has 2 N–H and O–H groups in total. The van der Waals surface area contributed by atoms with E-state index < -0.39 is 0 Å². The second-order valence-electron chi connectivity index (χ2n) is 5.10. The van der Waals surface area contributed by atoms with E-state index in [9.17, 15) is 0 Å². The maximum absolute atomic E-state index is 5.93. The molecule has 4 atom stereocenters. The van der Waals surface area contributed by atoms with E-state index in [1.54, 1.807) is 0 Å². The van der Waals surface area contributed by atoms with Crippen molar-refractivity contribution in [1.82, 2.24) is 4.90 Å². The van der Waals surface area contributed by atoms with Gasteiger partial charge in [-0.3, -0.25) is 0 Å². The molecule has 0 radical (unpaired) electrons. The van der Waals surface area contributed by atoms with Crippen LogP contribution in [0.3, 0.4) is 0 Å². The van der Waals surface area contributed by atoms with Gasteiger partial charge in [0.25, 0.3) is 0 Å². The van der Waals surface area contributed by atoms with Crippen LogP contribution in [-0.2, 0) is 0 Å². The van der Waals surface area contributed by atoms with Gasteiger partial charge in [0.1, 0.15) is 0 Å². The van der Waals surface area contributed by atoms with Gasteiger partial charge in [-0.2, -0.15) is 0 Å². The van der Waals surface area contributed by atoms with Gasteiger partial charge in [0, 0.05) is 18.6 Å². The van der Waals surface area contributed by atoms with Crippen molar-refractivity contribution in [3.63, 3.8) is 0 Å². The Morgan fingerprint density at radius 2 is 2.00 bits per heavy atom. The minimum Gasteiger partial charge on any atom is -0.328 e. The predicted molar refractivity (Wildman–Crippen MR) is 55.5 cm³/mol. The lowest BCUT2D eigenvalue weighted by molar-refractivity contribution is 0.140. The van der Waals surface area contributed by atoms with Gasteiger partial charge in [-0.15, -0.1) is 0 Å². The second-order valence-corrected chi connectivity index (χ2v) is 5.10. The number of rotatable bonds is 2. The smallest absolute Gasteiger partial charge is 0.00817 e. The van der Waals surface area contributed by atoms with Crippen molar-refractivity contribution >= 4 is 0 Å². The lowest BCUT2D eigenvalue weighted by Crippen LogP contribution is -2.46. The van der Waals surface area contributed by atoms with Crippen LogP contribution in [0.25, 0.3) is 0 Å². The maximum Gasteiger partial charge on any atom is 0.00817 e. The lowest BCUT2D eigenvalue weighted by Gasteiger charge is -2.36. The second kappa shape index (κ2) is 3.58. The van der Waals surface area contributed by atoms with Crippen LogP contribution in [0.1, 0.15) is 33.1 Å². The van der Waals surface area contributed by atoms with Gasteiger partial charge in [-0.1, -0.05) is 6.92 Å². The quantitative estimate of drug-likeness (QED) is 0.700. The van der Waals surface area contributed by atoms with Gasteiger partial charge in [0.05, 0.1) is 0 Å². The van der Waals surface area contributed by atoms with Crippen molar-refractivity contribution in [2.75, 3.05) is 13.1 Å². The molecule has 2 nitrogen and oxygen atoms in total. The highest BCUT2D eigenvalue weighted by Crippen LogP contribution is 2.39. The number of hydrogen-bond donors (Lipinski definition) is 1. The first-order valence-corrected chi connectivity index (χ1v) is 5.66. The molecule has 0 bridgehead atoms. The van der Waals surface area contributed by atoms with Crippen molar-refractivity contribution in [2.24, 2.45) is 17.6 Å². The molecule has 13 heavy (non-hydrogen) atoms. The molecule has 2 rings (SSSR count). The highest BCUT2D eigenvalue weighted by molar-refractivity contribution is 4.89. The van der Waals surface area contributed by atoms with E-state index in [-0.39, 0.29) is 0 Å². The molecule has 1 saturated heterocycles. The third-order valence-corrected chi connectivity index (χ3v) is 3.80. The van der Waals surface area contributed by atoms with Crippen LogP contribution in [0, 0.1) is 11.8 Å². The SMILES string of the molecule is CC1CC1CN1CCC(N)CC1C. The van der Waals surface area contributed by atoms with Crippen molar-refractivity contribution < 1.29 is 0 Å². The van der Waals surface area contributed by atoms with Crippen molar-refractivity contribution in [1.29, 1.82) is 0 Å². The van der Waals surface area contributed by atoms with Gasteiger partial charge in [-0.25, -0.2) is 0 Å². The van der Waals surface area contributed by atoms with Crippen LogP contribution in [0.2, 0.25) is 0 Å². The molecule has 0 aromatic rings. The summed E-state index contributed by atoms with van der Waals surface area (Å²) in [5.74, 6) is 1.99. The summed E-state index contributed by atoms with van der Waals surface area (Å²) in [6.07, 6.45) is 3.85. The highest BCUT2D eigenvalue weighted by atomic mass is 15.2. The van der Waals surface area contributed by atoms with Crippen LogP contribution in [0.5, 0.6) is 0 Å². The number of likely N-dealkylation sites (tertiary alicyclic amines) is 1. The minimum atomic E-state index is 0.461. The Bertz CT molecular complexity index is 181. The molecule has 0 amide bonds. The Morgan fingerprint density at radius 1 is 1.31 bits per heavy atom. The number of nitrogens with zero attached hydrogens (tertiary/aromatic N) is 1. The van der Waals surface area contributed by atoms with Crippen molar-refractivity contribution in [3.8, 4) is 0 Å². The number of hydrogen-bond acceptors (Lipinski definition) is 2. The summed E-state index contributed by atoms with van der Waals surface area (Å²) >= 11 is 0. The van der Waals surface area contributed by atoms with E-state index in [4.69, 9.17) is 5.73 Å². The van der Waals surface area contributed by atoms with Crippen molar-refractivity contribution in [2.45, 2.75) is 45.2 Å². The molecule has 2 aliphatic rings. The molecule has 76 valence electrons. The van der Waals surface area contributed by atoms with Gasteiger partial charge < -0.3 is 10.6 Å². The normalized spacial score (nSPS) is 46.4. The molecular weight excluding hydrogens is 160 g/mol. The fraction of sp³-hybridized carbons (Fsp3) is 1.00. The molecule has 0 spiro atoms. The monoisotopic (exact) mass is 182 g/mol. The molecule has 1 aliphatic heterocycles. The number of piperidine rings is 1. The largest absolute Gasteiger partial charge is 0.328 e. The maximum atomic E-state index is 5.93. The van der Waals surface area contributed by atoms with E-state index in [0.717, 1.165) is 17.9 Å². The Morgan fingerprint density at radius 3 is 2.54 bits per heavy atom. The Hall–Kier alpha value is -0.0800. The Kier molecular flexibility index (Phi) is 2.61. The first-order chi connectivity index (χ1) is 6.16. The zero-order valence-electron chi connectivity index (χ0n) is 8.87. The summed E-state index contributed by atoms with van der Waals surface area (Å²) in [6.45, 7) is 7.25. The standard InChI is InChI=1S/C11H22N2/c1-8-5-10(8)7-13-4-3-11(12)6-9(13)2/h8-11H,3-7,12H2,1-2H3. The van der Waals surface area contributed by atoms with Crippen LogP contribution in [0.15, 0.2) is 0 Å². The van der Waals surface area contributed by atoms with E-state index in [1.165, 1.54) is 32.4 Å². The van der Waals surface area contributed by atoms with Gasteiger partial charge in [0.2, 0.25) is 0 Å². The van der Waals surface area contributed by atoms with Gasteiger partial charge in [-0.05, 0) is 44.6 Å². The minimum absolute atomic E-state index is 0.461. The molecule has 0 aromatic carbocycles. The topological polar surface area (TPSA) is 29.3 Å².